The van der Waals surface area contributed by atoms with Crippen molar-refractivity contribution in [2.75, 3.05) is 19.6 Å². The molecule has 1 atom stereocenters. The lowest BCUT2D eigenvalue weighted by molar-refractivity contribution is 0.370. The summed E-state index contributed by atoms with van der Waals surface area (Å²) in [7, 11) is 0. The summed E-state index contributed by atoms with van der Waals surface area (Å²) in [5.41, 5.74) is 1.06. The van der Waals surface area contributed by atoms with Crippen molar-refractivity contribution >= 4 is 0 Å². The second kappa shape index (κ2) is 6.44. The molecule has 0 aromatic heterocycles. The van der Waals surface area contributed by atoms with E-state index in [-0.39, 0.29) is 0 Å². The summed E-state index contributed by atoms with van der Waals surface area (Å²) >= 11 is 0. The molecule has 2 nitrogen and oxygen atoms in total. The third-order valence-electron chi connectivity index (χ3n) is 2.51. The van der Waals surface area contributed by atoms with Crippen LogP contribution >= 0.6 is 0 Å². The number of rotatable bonds is 5. The Balaban J connectivity index is 2.26. The van der Waals surface area contributed by atoms with E-state index < -0.39 is 0 Å². The van der Waals surface area contributed by atoms with Crippen molar-refractivity contribution in [3.05, 3.63) is 37.1 Å². The highest BCUT2D eigenvalue weighted by Crippen LogP contribution is 2.08. The van der Waals surface area contributed by atoms with Gasteiger partial charge in [0.25, 0.3) is 0 Å². The van der Waals surface area contributed by atoms with Gasteiger partial charge in [-0.3, -0.25) is 0 Å². The maximum Gasteiger partial charge on any atom is 0.0334 e. The first-order valence-electron chi connectivity index (χ1n) is 5.26. The Labute approximate surface area is 86.8 Å². The van der Waals surface area contributed by atoms with E-state index in [9.17, 15) is 0 Å². The fourth-order valence-electron chi connectivity index (χ4n) is 1.69. The van der Waals surface area contributed by atoms with Gasteiger partial charge in [0, 0.05) is 12.2 Å². The first kappa shape index (κ1) is 11.1. The van der Waals surface area contributed by atoms with Crippen LogP contribution in [0.25, 0.3) is 0 Å². The first-order valence-corrected chi connectivity index (χ1v) is 5.26. The van der Waals surface area contributed by atoms with E-state index in [4.69, 9.17) is 0 Å². The molecule has 1 fully saturated rings. The molecule has 1 heterocycles. The van der Waals surface area contributed by atoms with E-state index >= 15 is 0 Å². The molecule has 2 N–H and O–H groups in total. The topological polar surface area (TPSA) is 24.1 Å². The van der Waals surface area contributed by atoms with Gasteiger partial charge in [0.15, 0.2) is 0 Å². The predicted octanol–water partition coefficient (Wildman–Crippen LogP) is 1.83. The Kier molecular flexibility index (Phi) is 5.08. The molecule has 0 bridgehead atoms. The van der Waals surface area contributed by atoms with Gasteiger partial charge in [0.05, 0.1) is 0 Å². The molecule has 14 heavy (non-hydrogen) atoms. The average Bonchev–Trinajstić information content (AvgIpc) is 2.25. The average molecular weight is 192 g/mol. The fraction of sp³-hybridized carbons (Fsp3) is 0.500. The van der Waals surface area contributed by atoms with Crippen molar-refractivity contribution in [1.82, 2.24) is 10.6 Å². The zero-order valence-electron chi connectivity index (χ0n) is 8.76. The fourth-order valence-corrected chi connectivity index (χ4v) is 1.69. The van der Waals surface area contributed by atoms with Crippen LogP contribution in [-0.2, 0) is 0 Å². The predicted molar refractivity (Wildman–Crippen MR) is 62.1 cm³/mol. The van der Waals surface area contributed by atoms with Crippen molar-refractivity contribution in [3.63, 3.8) is 0 Å². The van der Waals surface area contributed by atoms with E-state index in [0.717, 1.165) is 24.7 Å². The lowest BCUT2D eigenvalue weighted by Crippen LogP contribution is -2.35. The van der Waals surface area contributed by atoms with Crippen LogP contribution in [0.2, 0.25) is 0 Å². The normalized spacial score (nSPS) is 22.9. The van der Waals surface area contributed by atoms with Crippen LogP contribution in [0, 0.1) is 5.92 Å². The molecule has 1 saturated heterocycles. The Hall–Kier alpha value is -1.02. The smallest absolute Gasteiger partial charge is 0.0334 e. The van der Waals surface area contributed by atoms with Gasteiger partial charge in [-0.1, -0.05) is 19.2 Å². The van der Waals surface area contributed by atoms with Crippen LogP contribution in [0.15, 0.2) is 37.1 Å². The van der Waals surface area contributed by atoms with Crippen LogP contribution < -0.4 is 10.6 Å². The Bertz CT molecular complexity index is 212. The highest BCUT2D eigenvalue weighted by Gasteiger charge is 2.11. The molecule has 0 spiro atoms. The minimum atomic E-state index is 0.747. The highest BCUT2D eigenvalue weighted by molar-refractivity contribution is 5.19. The number of hydrogen-bond donors (Lipinski definition) is 2. The number of allylic oxidation sites excluding steroid dienone is 3. The highest BCUT2D eigenvalue weighted by atomic mass is 14.9. The number of nitrogens with one attached hydrogen (secondary N) is 2. The zero-order valence-corrected chi connectivity index (χ0v) is 8.76. The largest absolute Gasteiger partial charge is 0.385 e. The zero-order chi connectivity index (χ0) is 10.2. The molecule has 0 radical (unpaired) electrons. The van der Waals surface area contributed by atoms with E-state index in [1.807, 2.05) is 12.2 Å². The van der Waals surface area contributed by atoms with Crippen LogP contribution in [0.3, 0.4) is 0 Å². The second-order valence-corrected chi connectivity index (χ2v) is 3.66. The van der Waals surface area contributed by atoms with Crippen LogP contribution in [0.1, 0.15) is 12.8 Å². The third-order valence-corrected chi connectivity index (χ3v) is 2.51. The van der Waals surface area contributed by atoms with Crippen molar-refractivity contribution in [2.45, 2.75) is 12.8 Å². The van der Waals surface area contributed by atoms with Gasteiger partial charge in [0.2, 0.25) is 0 Å². The van der Waals surface area contributed by atoms with Crippen LogP contribution in [0.5, 0.6) is 0 Å². The molecule has 1 aliphatic rings. The van der Waals surface area contributed by atoms with E-state index in [1.165, 1.54) is 19.4 Å². The summed E-state index contributed by atoms with van der Waals surface area (Å²) in [5, 5.41) is 6.77. The summed E-state index contributed by atoms with van der Waals surface area (Å²) in [4.78, 5) is 0. The Morgan fingerprint density at radius 1 is 1.50 bits per heavy atom. The Morgan fingerprint density at radius 3 is 2.93 bits per heavy atom. The van der Waals surface area contributed by atoms with Crippen molar-refractivity contribution < 1.29 is 0 Å². The number of hydrogen-bond acceptors (Lipinski definition) is 2. The molecular formula is C12H20N2. The molecule has 78 valence electrons. The SMILES string of the molecule is C=C/C=C(\C=C)NCC1CCCNC1. The molecule has 2 heteroatoms. The summed E-state index contributed by atoms with van der Waals surface area (Å²) < 4.78 is 0. The van der Waals surface area contributed by atoms with Gasteiger partial charge in [-0.15, -0.1) is 0 Å². The maximum atomic E-state index is 3.75. The summed E-state index contributed by atoms with van der Waals surface area (Å²) in [6.45, 7) is 10.7. The lowest BCUT2D eigenvalue weighted by Gasteiger charge is -2.23. The van der Waals surface area contributed by atoms with Crippen molar-refractivity contribution in [2.24, 2.45) is 5.92 Å². The van der Waals surface area contributed by atoms with E-state index in [0.29, 0.717) is 0 Å². The van der Waals surface area contributed by atoms with Gasteiger partial charge in [-0.2, -0.15) is 0 Å². The molecule has 0 aromatic rings. The minimum absolute atomic E-state index is 0.747. The van der Waals surface area contributed by atoms with Gasteiger partial charge >= 0.3 is 0 Å². The maximum absolute atomic E-state index is 3.75. The minimum Gasteiger partial charge on any atom is -0.385 e. The molecule has 0 aliphatic carbocycles. The second-order valence-electron chi connectivity index (χ2n) is 3.66. The first-order chi connectivity index (χ1) is 6.86. The van der Waals surface area contributed by atoms with E-state index in [1.54, 1.807) is 6.08 Å². The molecule has 0 saturated carbocycles. The monoisotopic (exact) mass is 192 g/mol. The summed E-state index contributed by atoms with van der Waals surface area (Å²) in [5.74, 6) is 0.747. The standard InChI is InChI=1S/C12H20N2/c1-3-6-12(4-2)14-10-11-7-5-8-13-9-11/h3-4,6,11,13-14H,1-2,5,7-10H2/b12-6+. The van der Waals surface area contributed by atoms with E-state index in [2.05, 4.69) is 23.8 Å². The molecule has 0 amide bonds. The van der Waals surface area contributed by atoms with Crippen molar-refractivity contribution in [3.8, 4) is 0 Å². The lowest BCUT2D eigenvalue weighted by atomic mass is 10.00. The van der Waals surface area contributed by atoms with Gasteiger partial charge in [-0.05, 0) is 44.0 Å². The number of piperidine rings is 1. The molecule has 0 aromatic carbocycles. The van der Waals surface area contributed by atoms with Gasteiger partial charge in [-0.25, -0.2) is 0 Å². The van der Waals surface area contributed by atoms with Crippen LogP contribution in [0.4, 0.5) is 0 Å². The summed E-state index contributed by atoms with van der Waals surface area (Å²) in [6, 6.07) is 0. The molecular weight excluding hydrogens is 172 g/mol. The van der Waals surface area contributed by atoms with Gasteiger partial charge < -0.3 is 10.6 Å². The Morgan fingerprint density at radius 2 is 2.36 bits per heavy atom. The van der Waals surface area contributed by atoms with Gasteiger partial charge in [0.1, 0.15) is 0 Å². The molecule has 1 unspecified atom stereocenters. The van der Waals surface area contributed by atoms with Crippen LogP contribution in [-0.4, -0.2) is 19.6 Å². The quantitative estimate of drug-likeness (QED) is 0.649. The van der Waals surface area contributed by atoms with Crippen molar-refractivity contribution in [1.29, 1.82) is 0 Å². The summed E-state index contributed by atoms with van der Waals surface area (Å²) in [6.07, 6.45) is 8.17. The third kappa shape index (κ3) is 3.79. The molecule has 1 rings (SSSR count). The molecule has 1 aliphatic heterocycles.